The molecule has 10 heavy (non-hydrogen) atoms. The highest BCUT2D eigenvalue weighted by Crippen LogP contribution is 2.25. The summed E-state index contributed by atoms with van der Waals surface area (Å²) in [7, 11) is 1.16. The molecule has 0 rings (SSSR count). The fourth-order valence-corrected chi connectivity index (χ4v) is 0.511. The minimum atomic E-state index is -1.71. The number of hydrogen-bond donors (Lipinski definition) is 0. The van der Waals surface area contributed by atoms with E-state index >= 15 is 0 Å². The predicted octanol–water partition coefficient (Wildman–Crippen LogP) is 1.08. The second-order valence-corrected chi connectivity index (χ2v) is 3.84. The number of halogens is 2. The molecular weight excluding hydrogens is 223 g/mol. The van der Waals surface area contributed by atoms with Crippen LogP contribution in [-0.4, -0.2) is 22.6 Å². The molecule has 0 heterocycles. The quantitative estimate of drug-likeness (QED) is 0.404. The van der Waals surface area contributed by atoms with Crippen molar-refractivity contribution in [2.45, 2.75) is 10.7 Å². The van der Waals surface area contributed by atoms with Gasteiger partial charge in [-0.2, -0.15) is 0 Å². The van der Waals surface area contributed by atoms with E-state index in [4.69, 9.17) is 11.6 Å². The van der Waals surface area contributed by atoms with Gasteiger partial charge in [0.25, 0.3) is 3.78 Å². The highest BCUT2D eigenvalue weighted by Gasteiger charge is 2.39. The molecule has 0 saturated carbocycles. The Bertz CT molecular complexity index is 166. The Balaban J connectivity index is 4.40. The van der Waals surface area contributed by atoms with Gasteiger partial charge in [-0.15, -0.1) is 0 Å². The summed E-state index contributed by atoms with van der Waals surface area (Å²) in [6, 6.07) is 0. The van der Waals surface area contributed by atoms with E-state index in [2.05, 4.69) is 20.7 Å². The van der Waals surface area contributed by atoms with Gasteiger partial charge in [-0.3, -0.25) is 4.79 Å². The Hall–Kier alpha value is -0.0900. The molecule has 0 aliphatic carbocycles. The average molecular weight is 229 g/mol. The van der Waals surface area contributed by atoms with Crippen molar-refractivity contribution < 1.29 is 14.3 Å². The summed E-state index contributed by atoms with van der Waals surface area (Å²) >= 11 is 8.13. The van der Waals surface area contributed by atoms with E-state index in [9.17, 15) is 9.59 Å². The normalized spacial score (nSPS) is 15.6. The van der Waals surface area contributed by atoms with Crippen molar-refractivity contribution in [1.29, 1.82) is 0 Å². The minimum Gasteiger partial charge on any atom is -0.467 e. The van der Waals surface area contributed by atoms with Gasteiger partial charge in [0.1, 0.15) is 0 Å². The number of ether oxygens (including phenoxy) is 1. The zero-order valence-electron chi connectivity index (χ0n) is 5.48. The largest absolute Gasteiger partial charge is 0.467 e. The monoisotopic (exact) mass is 228 g/mol. The molecule has 0 aliphatic rings. The summed E-state index contributed by atoms with van der Waals surface area (Å²) in [4.78, 5) is 21.2. The van der Waals surface area contributed by atoms with Gasteiger partial charge in [0.2, 0.25) is 0 Å². The molecule has 3 nitrogen and oxygen atoms in total. The van der Waals surface area contributed by atoms with E-state index in [1.54, 1.807) is 0 Å². The zero-order chi connectivity index (χ0) is 8.36. The maximum absolute atomic E-state index is 10.7. The molecule has 1 unspecified atom stereocenters. The number of ketones is 1. The molecule has 5 heteroatoms. The van der Waals surface area contributed by atoms with Gasteiger partial charge in [-0.25, -0.2) is 4.79 Å². The van der Waals surface area contributed by atoms with E-state index in [0.29, 0.717) is 0 Å². The van der Waals surface area contributed by atoms with Gasteiger partial charge >= 0.3 is 5.97 Å². The molecule has 58 valence electrons. The molecule has 0 N–H and O–H groups in total. The van der Waals surface area contributed by atoms with Crippen LogP contribution in [0.5, 0.6) is 0 Å². The number of rotatable bonds is 2. The van der Waals surface area contributed by atoms with Crippen LogP contribution in [0.2, 0.25) is 0 Å². The number of methoxy groups -OCH3 is 1. The highest BCUT2D eigenvalue weighted by atomic mass is 79.9. The van der Waals surface area contributed by atoms with Crippen LogP contribution in [0.4, 0.5) is 0 Å². The third-order valence-electron chi connectivity index (χ3n) is 0.884. The predicted molar refractivity (Wildman–Crippen MR) is 40.2 cm³/mol. The van der Waals surface area contributed by atoms with Gasteiger partial charge < -0.3 is 4.74 Å². The van der Waals surface area contributed by atoms with E-state index in [0.717, 1.165) is 7.11 Å². The Morgan fingerprint density at radius 2 is 2.00 bits per heavy atom. The Kier molecular flexibility index (Phi) is 3.31. The number of carbonyl (C=O) groups excluding carboxylic acids is 2. The van der Waals surface area contributed by atoms with Crippen molar-refractivity contribution in [2.75, 3.05) is 7.11 Å². The van der Waals surface area contributed by atoms with Crippen molar-refractivity contribution >= 4 is 39.3 Å². The molecule has 0 fully saturated rings. The van der Waals surface area contributed by atoms with Gasteiger partial charge in [0.05, 0.1) is 7.11 Å². The second kappa shape index (κ2) is 3.34. The lowest BCUT2D eigenvalue weighted by molar-refractivity contribution is -0.143. The van der Waals surface area contributed by atoms with E-state index in [1.807, 2.05) is 0 Å². The second-order valence-electron chi connectivity index (χ2n) is 1.62. The van der Waals surface area contributed by atoms with Gasteiger partial charge in [0, 0.05) is 0 Å². The van der Waals surface area contributed by atoms with Crippen LogP contribution in [0.1, 0.15) is 6.92 Å². The summed E-state index contributed by atoms with van der Waals surface area (Å²) in [5.74, 6) is -1.30. The Labute approximate surface area is 71.8 Å². The van der Waals surface area contributed by atoms with E-state index < -0.39 is 15.5 Å². The number of hydrogen-bond acceptors (Lipinski definition) is 3. The van der Waals surface area contributed by atoms with E-state index in [1.165, 1.54) is 6.92 Å². The SMILES string of the molecule is COC(=O)C(Cl)(Br)C(C)=O. The number of alkyl halides is 2. The molecule has 0 amide bonds. The first-order valence-corrected chi connectivity index (χ1v) is 3.57. The first kappa shape index (κ1) is 9.91. The third kappa shape index (κ3) is 1.95. The van der Waals surface area contributed by atoms with Crippen LogP contribution in [0.15, 0.2) is 0 Å². The van der Waals surface area contributed by atoms with Crippen molar-refractivity contribution in [3.63, 3.8) is 0 Å². The van der Waals surface area contributed by atoms with Crippen LogP contribution in [0.3, 0.4) is 0 Å². The summed E-state index contributed by atoms with van der Waals surface area (Å²) in [5.41, 5.74) is 0. The van der Waals surface area contributed by atoms with Crippen molar-refractivity contribution in [3.8, 4) is 0 Å². The smallest absolute Gasteiger partial charge is 0.345 e. The molecule has 1 atom stereocenters. The standard InChI is InChI=1S/C5H6BrClO3/c1-3(8)5(6,7)4(9)10-2/h1-2H3. The first-order valence-electron chi connectivity index (χ1n) is 2.40. The highest BCUT2D eigenvalue weighted by molar-refractivity contribution is 9.11. The van der Waals surface area contributed by atoms with Crippen molar-refractivity contribution in [2.24, 2.45) is 0 Å². The van der Waals surface area contributed by atoms with Crippen LogP contribution in [-0.2, 0) is 14.3 Å². The van der Waals surface area contributed by atoms with Crippen LogP contribution >= 0.6 is 27.5 Å². The van der Waals surface area contributed by atoms with Crippen LogP contribution in [0.25, 0.3) is 0 Å². The molecule has 0 aromatic carbocycles. The average Bonchev–Trinajstić information content (AvgIpc) is 1.86. The number of carbonyl (C=O) groups is 2. The topological polar surface area (TPSA) is 43.4 Å². The maximum Gasteiger partial charge on any atom is 0.345 e. The fourth-order valence-electron chi connectivity index (χ4n) is 0.272. The molecule has 0 aromatic rings. The summed E-state index contributed by atoms with van der Waals surface area (Å²) in [6.45, 7) is 1.19. The fraction of sp³-hybridized carbons (Fsp3) is 0.600. The summed E-state index contributed by atoms with van der Waals surface area (Å²) in [5, 5.41) is 0. The van der Waals surface area contributed by atoms with Gasteiger partial charge in [-0.1, -0.05) is 11.6 Å². The molecule has 0 radical (unpaired) electrons. The Morgan fingerprint density at radius 3 is 2.10 bits per heavy atom. The number of Topliss-reactive ketones (excluding diaryl/α,β-unsaturated/α-hetero) is 1. The Morgan fingerprint density at radius 1 is 1.60 bits per heavy atom. The molecule has 0 saturated heterocycles. The lowest BCUT2D eigenvalue weighted by Crippen LogP contribution is -2.34. The minimum absolute atomic E-state index is 0.499. The molecule has 0 spiro atoms. The van der Waals surface area contributed by atoms with Gasteiger partial charge in [-0.05, 0) is 22.9 Å². The lowest BCUT2D eigenvalue weighted by Gasteiger charge is -2.11. The van der Waals surface area contributed by atoms with Gasteiger partial charge in [0.15, 0.2) is 5.78 Å². The molecular formula is C5H6BrClO3. The van der Waals surface area contributed by atoms with Crippen LogP contribution < -0.4 is 0 Å². The van der Waals surface area contributed by atoms with Crippen molar-refractivity contribution in [1.82, 2.24) is 0 Å². The lowest BCUT2D eigenvalue weighted by atomic mass is 10.3. The molecule has 0 aliphatic heterocycles. The third-order valence-corrected chi connectivity index (χ3v) is 2.19. The van der Waals surface area contributed by atoms with E-state index in [-0.39, 0.29) is 0 Å². The van der Waals surface area contributed by atoms with Crippen molar-refractivity contribution in [3.05, 3.63) is 0 Å². The maximum atomic E-state index is 10.7. The number of esters is 1. The summed E-state index contributed by atoms with van der Waals surface area (Å²) in [6.07, 6.45) is 0. The summed E-state index contributed by atoms with van der Waals surface area (Å²) < 4.78 is 2.53. The first-order chi connectivity index (χ1) is 4.42. The zero-order valence-corrected chi connectivity index (χ0v) is 7.82. The molecule has 0 aromatic heterocycles. The molecule has 0 bridgehead atoms. The van der Waals surface area contributed by atoms with Crippen LogP contribution in [0, 0.1) is 0 Å².